The Morgan fingerprint density at radius 1 is 1.36 bits per heavy atom. The van der Waals surface area contributed by atoms with Crippen molar-refractivity contribution in [3.05, 3.63) is 0 Å². The van der Waals surface area contributed by atoms with Gasteiger partial charge in [0.2, 0.25) is 0 Å². The van der Waals surface area contributed by atoms with E-state index in [2.05, 4.69) is 18.7 Å². The molecule has 0 aromatic heterocycles. The van der Waals surface area contributed by atoms with Gasteiger partial charge in [0, 0.05) is 19.0 Å². The quantitative estimate of drug-likeness (QED) is 0.647. The second-order valence-corrected chi connectivity index (χ2v) is 4.44. The molecule has 1 unspecified atom stereocenters. The van der Waals surface area contributed by atoms with Crippen LogP contribution >= 0.6 is 0 Å². The normalized spacial score (nSPS) is 19.0. The summed E-state index contributed by atoms with van der Waals surface area (Å²) < 4.78 is 0. The van der Waals surface area contributed by atoms with E-state index < -0.39 is 0 Å². The summed E-state index contributed by atoms with van der Waals surface area (Å²) in [5.74, 6) is 0.869. The molecule has 1 rings (SSSR count). The third kappa shape index (κ3) is 3.32. The van der Waals surface area contributed by atoms with Gasteiger partial charge in [-0.05, 0) is 19.8 Å². The molecule has 1 fully saturated rings. The topological polar surface area (TPSA) is 27.1 Å². The summed E-state index contributed by atoms with van der Waals surface area (Å²) in [7, 11) is 0. The Labute approximate surface area is 88.2 Å². The van der Waals surface area contributed by atoms with Crippen LogP contribution in [0.3, 0.4) is 0 Å². The van der Waals surface area contributed by atoms with Gasteiger partial charge in [0.15, 0.2) is 0 Å². The van der Waals surface area contributed by atoms with Crippen LogP contribution in [0.15, 0.2) is 0 Å². The van der Waals surface area contributed by atoms with E-state index in [1.165, 1.54) is 38.5 Å². The maximum absolute atomic E-state index is 7.78. The Morgan fingerprint density at radius 2 is 2.14 bits per heavy atom. The predicted molar refractivity (Wildman–Crippen MR) is 61.9 cm³/mol. The summed E-state index contributed by atoms with van der Waals surface area (Å²) in [6.07, 6.45) is 8.83. The van der Waals surface area contributed by atoms with Gasteiger partial charge in [-0.1, -0.05) is 32.6 Å². The van der Waals surface area contributed by atoms with Crippen LogP contribution in [0.5, 0.6) is 0 Å². The molecule has 0 aromatic carbocycles. The molecule has 0 spiro atoms. The van der Waals surface area contributed by atoms with Crippen molar-refractivity contribution in [1.29, 1.82) is 5.41 Å². The minimum atomic E-state index is 0.599. The van der Waals surface area contributed by atoms with Crippen molar-refractivity contribution in [1.82, 2.24) is 4.90 Å². The number of nitrogens with one attached hydrogen (secondary N) is 1. The highest BCUT2D eigenvalue weighted by Crippen LogP contribution is 2.17. The first-order valence-electron chi connectivity index (χ1n) is 6.09. The van der Waals surface area contributed by atoms with Crippen molar-refractivity contribution in [2.45, 2.75) is 64.8 Å². The molecule has 0 aliphatic carbocycles. The molecule has 1 saturated heterocycles. The van der Waals surface area contributed by atoms with Crippen LogP contribution in [0.25, 0.3) is 0 Å². The lowest BCUT2D eigenvalue weighted by atomic mass is 10.1. The lowest BCUT2D eigenvalue weighted by Gasteiger charge is -2.26. The second-order valence-electron chi connectivity index (χ2n) is 4.44. The van der Waals surface area contributed by atoms with E-state index in [9.17, 15) is 0 Å². The van der Waals surface area contributed by atoms with Gasteiger partial charge >= 0.3 is 0 Å². The predicted octanol–water partition coefficient (Wildman–Crippen LogP) is 3.42. The summed E-state index contributed by atoms with van der Waals surface area (Å²) in [6.45, 7) is 5.64. The van der Waals surface area contributed by atoms with Gasteiger partial charge in [-0.3, -0.25) is 5.41 Å². The summed E-state index contributed by atoms with van der Waals surface area (Å²) in [5.41, 5.74) is 0. The van der Waals surface area contributed by atoms with E-state index in [0.29, 0.717) is 6.04 Å². The van der Waals surface area contributed by atoms with E-state index in [0.717, 1.165) is 18.8 Å². The van der Waals surface area contributed by atoms with Crippen molar-refractivity contribution < 1.29 is 0 Å². The molecule has 0 aromatic rings. The Kier molecular flexibility index (Phi) is 4.99. The van der Waals surface area contributed by atoms with Crippen LogP contribution in [-0.4, -0.2) is 23.3 Å². The van der Waals surface area contributed by atoms with Crippen LogP contribution in [0, 0.1) is 5.41 Å². The highest BCUT2D eigenvalue weighted by atomic mass is 15.2. The minimum Gasteiger partial charge on any atom is -0.358 e. The van der Waals surface area contributed by atoms with Gasteiger partial charge in [0.05, 0.1) is 5.84 Å². The first kappa shape index (κ1) is 11.5. The lowest BCUT2D eigenvalue weighted by molar-refractivity contribution is 0.327. The number of nitrogens with zero attached hydrogens (tertiary/aromatic N) is 1. The van der Waals surface area contributed by atoms with Crippen molar-refractivity contribution in [3.63, 3.8) is 0 Å². The molecule has 0 saturated carbocycles. The average molecular weight is 196 g/mol. The molecular formula is C12H24N2. The zero-order valence-corrected chi connectivity index (χ0v) is 9.68. The fourth-order valence-electron chi connectivity index (χ4n) is 2.20. The number of unbranched alkanes of at least 4 members (excludes halogenated alkanes) is 3. The van der Waals surface area contributed by atoms with Crippen LogP contribution in [0.1, 0.15) is 58.8 Å². The van der Waals surface area contributed by atoms with Gasteiger partial charge in [-0.2, -0.15) is 0 Å². The summed E-state index contributed by atoms with van der Waals surface area (Å²) in [6, 6.07) is 0.599. The Balaban J connectivity index is 2.14. The van der Waals surface area contributed by atoms with Gasteiger partial charge in [0.1, 0.15) is 0 Å². The van der Waals surface area contributed by atoms with E-state index in [1.54, 1.807) is 0 Å². The first-order valence-corrected chi connectivity index (χ1v) is 6.09. The van der Waals surface area contributed by atoms with Crippen LogP contribution in [-0.2, 0) is 0 Å². The largest absolute Gasteiger partial charge is 0.358 e. The smallest absolute Gasteiger partial charge is 0.0960 e. The molecule has 2 heteroatoms. The third-order valence-electron chi connectivity index (χ3n) is 3.17. The van der Waals surface area contributed by atoms with Crippen molar-refractivity contribution in [3.8, 4) is 0 Å². The summed E-state index contributed by atoms with van der Waals surface area (Å²) >= 11 is 0. The molecule has 14 heavy (non-hydrogen) atoms. The molecular weight excluding hydrogens is 172 g/mol. The fraction of sp³-hybridized carbons (Fsp3) is 0.917. The Bertz CT molecular complexity index is 177. The number of hydrogen-bond acceptors (Lipinski definition) is 1. The van der Waals surface area contributed by atoms with Crippen molar-refractivity contribution in [2.75, 3.05) is 6.54 Å². The summed E-state index contributed by atoms with van der Waals surface area (Å²) in [4.78, 5) is 2.28. The molecule has 82 valence electrons. The fourth-order valence-corrected chi connectivity index (χ4v) is 2.20. The SMILES string of the molecule is CCCCCCC(C)N1CCCC1=N. The van der Waals surface area contributed by atoms with E-state index in [-0.39, 0.29) is 0 Å². The number of amidine groups is 1. The lowest BCUT2D eigenvalue weighted by Crippen LogP contribution is -2.33. The van der Waals surface area contributed by atoms with E-state index in [4.69, 9.17) is 5.41 Å². The maximum atomic E-state index is 7.78. The summed E-state index contributed by atoms with van der Waals surface area (Å²) in [5, 5.41) is 7.78. The van der Waals surface area contributed by atoms with Crippen molar-refractivity contribution in [2.24, 2.45) is 0 Å². The minimum absolute atomic E-state index is 0.599. The van der Waals surface area contributed by atoms with Crippen LogP contribution in [0.4, 0.5) is 0 Å². The standard InChI is InChI=1S/C12H24N2/c1-3-4-5-6-8-11(2)14-10-7-9-12(14)13/h11,13H,3-10H2,1-2H3. The van der Waals surface area contributed by atoms with Gasteiger partial charge in [-0.15, -0.1) is 0 Å². The van der Waals surface area contributed by atoms with E-state index in [1.807, 2.05) is 0 Å². The van der Waals surface area contributed by atoms with Gasteiger partial charge in [0.25, 0.3) is 0 Å². The molecule has 2 nitrogen and oxygen atoms in total. The molecule has 1 aliphatic rings. The third-order valence-corrected chi connectivity index (χ3v) is 3.17. The van der Waals surface area contributed by atoms with Gasteiger partial charge < -0.3 is 4.90 Å². The maximum Gasteiger partial charge on any atom is 0.0960 e. The molecule has 1 atom stereocenters. The number of rotatable bonds is 6. The van der Waals surface area contributed by atoms with E-state index >= 15 is 0 Å². The zero-order chi connectivity index (χ0) is 10.4. The van der Waals surface area contributed by atoms with Crippen molar-refractivity contribution >= 4 is 5.84 Å². The van der Waals surface area contributed by atoms with Gasteiger partial charge in [-0.25, -0.2) is 0 Å². The number of likely N-dealkylation sites (tertiary alicyclic amines) is 1. The Morgan fingerprint density at radius 3 is 2.71 bits per heavy atom. The highest BCUT2D eigenvalue weighted by molar-refractivity contribution is 5.81. The molecule has 0 radical (unpaired) electrons. The average Bonchev–Trinajstić information content (AvgIpc) is 2.59. The molecule has 1 N–H and O–H groups in total. The Hall–Kier alpha value is -0.530. The highest BCUT2D eigenvalue weighted by Gasteiger charge is 2.21. The molecule has 1 heterocycles. The monoisotopic (exact) mass is 196 g/mol. The first-order chi connectivity index (χ1) is 6.75. The zero-order valence-electron chi connectivity index (χ0n) is 9.68. The second kappa shape index (κ2) is 6.05. The van der Waals surface area contributed by atoms with Crippen LogP contribution < -0.4 is 0 Å². The molecule has 1 aliphatic heterocycles. The molecule has 0 bridgehead atoms. The number of hydrogen-bond donors (Lipinski definition) is 1. The molecule has 0 amide bonds. The van der Waals surface area contributed by atoms with Crippen LogP contribution in [0.2, 0.25) is 0 Å².